The molecule has 0 saturated carbocycles. The van der Waals surface area contributed by atoms with Gasteiger partial charge in [-0.05, 0) is 45.7 Å². The normalized spacial score (nSPS) is 11.2. The second-order valence-corrected chi connectivity index (χ2v) is 7.58. The molecule has 0 atom stereocenters. The Morgan fingerprint density at radius 2 is 2.00 bits per heavy atom. The van der Waals surface area contributed by atoms with Crippen LogP contribution in [0.1, 0.15) is 51.0 Å². The van der Waals surface area contributed by atoms with Crippen LogP contribution in [0.15, 0.2) is 30.9 Å². The number of carbonyl (C=O) groups excluding carboxylic acids is 3. The summed E-state index contributed by atoms with van der Waals surface area (Å²) in [6.07, 6.45) is 2.75. The molecule has 0 unspecified atom stereocenters. The lowest BCUT2D eigenvalue weighted by molar-refractivity contribution is -0.155. The minimum absolute atomic E-state index is 0.168. The molecular weight excluding hydrogens is 374 g/mol. The van der Waals surface area contributed by atoms with Crippen molar-refractivity contribution in [3.8, 4) is 5.75 Å². The molecule has 2 aromatic rings. The van der Waals surface area contributed by atoms with Crippen molar-refractivity contribution in [3.63, 3.8) is 0 Å². The van der Waals surface area contributed by atoms with Gasteiger partial charge in [0, 0.05) is 24.9 Å². The molecule has 0 spiro atoms. The van der Waals surface area contributed by atoms with Crippen LogP contribution in [-0.2, 0) is 16.1 Å². The fourth-order valence-corrected chi connectivity index (χ4v) is 2.67. The standard InChI is InChI=1S/C21H27N3O5/c1-6-7-8-11-22-20(27)28-15-9-10-16-17(12-15)24(23-19(16)14(2)25)13-18(26)29-21(3,4)5/h6,9-10,12H,1,7-8,11,13H2,2-5H3,(H,22,27). The number of rotatable bonds is 8. The van der Waals surface area contributed by atoms with Crippen molar-refractivity contribution in [2.45, 2.75) is 52.7 Å². The van der Waals surface area contributed by atoms with Crippen LogP contribution < -0.4 is 10.1 Å². The van der Waals surface area contributed by atoms with Crippen molar-refractivity contribution >= 4 is 28.7 Å². The van der Waals surface area contributed by atoms with E-state index in [0.717, 1.165) is 12.8 Å². The quantitative estimate of drug-likeness (QED) is 0.314. The number of unbranched alkanes of at least 4 members (excludes halogenated alkanes) is 1. The number of ketones is 1. The molecule has 2 rings (SSSR count). The third kappa shape index (κ3) is 6.44. The zero-order valence-electron chi connectivity index (χ0n) is 17.3. The number of aromatic nitrogens is 2. The molecule has 0 radical (unpaired) electrons. The third-order valence-electron chi connectivity index (χ3n) is 3.82. The van der Waals surface area contributed by atoms with Gasteiger partial charge in [-0.1, -0.05) is 6.08 Å². The van der Waals surface area contributed by atoms with E-state index in [9.17, 15) is 14.4 Å². The first kappa shape index (κ1) is 22.1. The number of ether oxygens (including phenoxy) is 2. The molecule has 1 aromatic carbocycles. The molecule has 29 heavy (non-hydrogen) atoms. The Balaban J connectivity index is 2.24. The van der Waals surface area contributed by atoms with Gasteiger partial charge in [0.1, 0.15) is 23.6 Å². The molecule has 0 bridgehead atoms. The molecule has 1 heterocycles. The van der Waals surface area contributed by atoms with Gasteiger partial charge < -0.3 is 14.8 Å². The van der Waals surface area contributed by atoms with Gasteiger partial charge in [0.2, 0.25) is 0 Å². The number of hydrogen-bond donors (Lipinski definition) is 1. The number of hydrogen-bond acceptors (Lipinski definition) is 6. The second-order valence-electron chi connectivity index (χ2n) is 7.58. The zero-order valence-corrected chi connectivity index (χ0v) is 17.3. The topological polar surface area (TPSA) is 99.5 Å². The second kappa shape index (κ2) is 9.36. The van der Waals surface area contributed by atoms with Gasteiger partial charge in [0.15, 0.2) is 5.78 Å². The van der Waals surface area contributed by atoms with Crippen molar-refractivity contribution in [2.24, 2.45) is 0 Å². The third-order valence-corrected chi connectivity index (χ3v) is 3.82. The summed E-state index contributed by atoms with van der Waals surface area (Å²) in [6, 6.07) is 4.80. The maximum atomic E-state index is 12.2. The van der Waals surface area contributed by atoms with E-state index in [0.29, 0.717) is 17.4 Å². The van der Waals surface area contributed by atoms with E-state index in [1.165, 1.54) is 11.6 Å². The molecule has 1 N–H and O–H groups in total. The summed E-state index contributed by atoms with van der Waals surface area (Å²) < 4.78 is 12.0. The monoisotopic (exact) mass is 401 g/mol. The maximum Gasteiger partial charge on any atom is 0.412 e. The fraction of sp³-hybridized carbons (Fsp3) is 0.429. The van der Waals surface area contributed by atoms with Crippen molar-refractivity contribution < 1.29 is 23.9 Å². The van der Waals surface area contributed by atoms with Gasteiger partial charge in [-0.25, -0.2) is 4.79 Å². The molecule has 1 amide bonds. The number of nitrogens with zero attached hydrogens (tertiary/aromatic N) is 2. The highest BCUT2D eigenvalue weighted by atomic mass is 16.6. The summed E-state index contributed by atoms with van der Waals surface area (Å²) in [5, 5.41) is 7.47. The minimum Gasteiger partial charge on any atom is -0.459 e. The van der Waals surface area contributed by atoms with Crippen LogP contribution in [0.2, 0.25) is 0 Å². The van der Waals surface area contributed by atoms with Gasteiger partial charge in [-0.3, -0.25) is 14.3 Å². The largest absolute Gasteiger partial charge is 0.459 e. The molecule has 0 fully saturated rings. The van der Waals surface area contributed by atoms with Crippen LogP contribution >= 0.6 is 0 Å². The van der Waals surface area contributed by atoms with Crippen LogP contribution in [0, 0.1) is 0 Å². The predicted octanol–water partition coefficient (Wildman–Crippen LogP) is 3.64. The molecule has 0 aliphatic carbocycles. The van der Waals surface area contributed by atoms with E-state index in [1.807, 2.05) is 0 Å². The molecule has 8 heteroatoms. The predicted molar refractivity (Wildman–Crippen MR) is 109 cm³/mol. The first-order chi connectivity index (χ1) is 13.6. The Morgan fingerprint density at radius 1 is 1.28 bits per heavy atom. The Labute approximate surface area is 169 Å². The van der Waals surface area contributed by atoms with Crippen LogP contribution in [0.4, 0.5) is 4.79 Å². The molecule has 8 nitrogen and oxygen atoms in total. The van der Waals surface area contributed by atoms with Crippen LogP contribution in [0.25, 0.3) is 10.9 Å². The van der Waals surface area contributed by atoms with Gasteiger partial charge in [0.25, 0.3) is 0 Å². The minimum atomic E-state index is -0.637. The van der Waals surface area contributed by atoms with Gasteiger partial charge >= 0.3 is 12.1 Å². The lowest BCUT2D eigenvalue weighted by atomic mass is 10.1. The van der Waals surface area contributed by atoms with E-state index in [4.69, 9.17) is 9.47 Å². The number of Topliss-reactive ketones (excluding diaryl/α,β-unsaturated/α-hetero) is 1. The van der Waals surface area contributed by atoms with Gasteiger partial charge in [-0.15, -0.1) is 6.58 Å². The SMILES string of the molecule is C=CCCCNC(=O)Oc1ccc2c(C(C)=O)nn(CC(=O)OC(C)(C)C)c2c1. The molecular formula is C21H27N3O5. The average Bonchev–Trinajstić information content (AvgIpc) is 2.95. The molecule has 0 aliphatic rings. The van der Waals surface area contributed by atoms with E-state index >= 15 is 0 Å². The van der Waals surface area contributed by atoms with Gasteiger partial charge in [-0.2, -0.15) is 5.10 Å². The van der Waals surface area contributed by atoms with Crippen molar-refractivity contribution in [2.75, 3.05) is 6.54 Å². The Kier molecular flexibility index (Phi) is 7.14. The number of carbonyl (C=O) groups is 3. The van der Waals surface area contributed by atoms with Gasteiger partial charge in [0.05, 0.1) is 5.52 Å². The molecule has 156 valence electrons. The first-order valence-electron chi connectivity index (χ1n) is 9.40. The van der Waals surface area contributed by atoms with E-state index < -0.39 is 17.7 Å². The number of benzene rings is 1. The highest BCUT2D eigenvalue weighted by Crippen LogP contribution is 2.25. The smallest absolute Gasteiger partial charge is 0.412 e. The zero-order chi connectivity index (χ0) is 21.6. The highest BCUT2D eigenvalue weighted by molar-refractivity contribution is 6.05. The first-order valence-corrected chi connectivity index (χ1v) is 9.40. The summed E-state index contributed by atoms with van der Waals surface area (Å²) in [5.41, 5.74) is 0.100. The summed E-state index contributed by atoms with van der Waals surface area (Å²) in [4.78, 5) is 36.1. The highest BCUT2D eigenvalue weighted by Gasteiger charge is 2.21. The van der Waals surface area contributed by atoms with E-state index in [2.05, 4.69) is 17.0 Å². The Hall–Kier alpha value is -3.16. The van der Waals surface area contributed by atoms with Crippen molar-refractivity contribution in [3.05, 3.63) is 36.5 Å². The summed E-state index contributed by atoms with van der Waals surface area (Å²) in [7, 11) is 0. The Morgan fingerprint density at radius 3 is 2.62 bits per heavy atom. The fourth-order valence-electron chi connectivity index (χ4n) is 2.67. The van der Waals surface area contributed by atoms with E-state index in [-0.39, 0.29) is 23.8 Å². The summed E-state index contributed by atoms with van der Waals surface area (Å²) in [5.74, 6) is -0.436. The maximum absolute atomic E-state index is 12.2. The van der Waals surface area contributed by atoms with Crippen LogP contribution in [0.5, 0.6) is 5.75 Å². The molecule has 0 saturated heterocycles. The lowest BCUT2D eigenvalue weighted by Crippen LogP contribution is -2.27. The van der Waals surface area contributed by atoms with Crippen LogP contribution in [0.3, 0.4) is 0 Å². The summed E-state index contributed by atoms with van der Waals surface area (Å²) in [6.45, 7) is 10.6. The number of fused-ring (bicyclic) bond motifs is 1. The van der Waals surface area contributed by atoms with Crippen molar-refractivity contribution in [1.29, 1.82) is 0 Å². The molecule has 0 aliphatic heterocycles. The number of allylic oxidation sites excluding steroid dienone is 1. The average molecular weight is 401 g/mol. The van der Waals surface area contributed by atoms with E-state index in [1.54, 1.807) is 45.0 Å². The molecule has 1 aromatic heterocycles. The number of nitrogens with one attached hydrogen (secondary N) is 1. The Bertz CT molecular complexity index is 924. The van der Waals surface area contributed by atoms with Crippen LogP contribution in [-0.4, -0.2) is 39.8 Å². The number of esters is 1. The van der Waals surface area contributed by atoms with Crippen molar-refractivity contribution in [1.82, 2.24) is 15.1 Å². The number of amides is 1. The lowest BCUT2D eigenvalue weighted by Gasteiger charge is -2.19. The summed E-state index contributed by atoms with van der Waals surface area (Å²) >= 11 is 0.